The van der Waals surface area contributed by atoms with Crippen molar-refractivity contribution in [1.82, 2.24) is 0 Å². The van der Waals surface area contributed by atoms with Crippen molar-refractivity contribution in [2.45, 2.75) is 0 Å². The van der Waals surface area contributed by atoms with Crippen LogP contribution in [-0.2, 0) is 4.79 Å². The van der Waals surface area contributed by atoms with Crippen LogP contribution in [0.4, 0.5) is 5.69 Å². The summed E-state index contributed by atoms with van der Waals surface area (Å²) < 4.78 is 11.0. The van der Waals surface area contributed by atoms with Crippen molar-refractivity contribution in [3.63, 3.8) is 0 Å². The van der Waals surface area contributed by atoms with Crippen LogP contribution in [0.2, 0.25) is 0 Å². The molecule has 4 aromatic carbocycles. The van der Waals surface area contributed by atoms with Gasteiger partial charge in [-0.1, -0.05) is 66.7 Å². The van der Waals surface area contributed by atoms with Crippen LogP contribution >= 0.6 is 0 Å². The van der Waals surface area contributed by atoms with E-state index in [0.29, 0.717) is 22.7 Å². The van der Waals surface area contributed by atoms with Gasteiger partial charge in [0.1, 0.15) is 0 Å². The minimum absolute atomic E-state index is 0.0855. The van der Waals surface area contributed by atoms with Gasteiger partial charge >= 0.3 is 0 Å². The minimum atomic E-state index is -0.270. The number of amides is 1. The number of hydrogen-bond donors (Lipinski definition) is 1. The first kappa shape index (κ1) is 21.8. The fraction of sp³-hybridized carbons (Fsp3) is 0.0714. The van der Waals surface area contributed by atoms with Gasteiger partial charge in [0, 0.05) is 11.3 Å². The van der Waals surface area contributed by atoms with E-state index in [1.165, 1.54) is 13.2 Å². The molecule has 1 N–H and O–H groups in total. The summed E-state index contributed by atoms with van der Waals surface area (Å²) in [5.74, 6) is 0.562. The zero-order chi connectivity index (χ0) is 23.0. The molecule has 0 spiro atoms. The molecule has 0 atom stereocenters. The Morgan fingerprint density at radius 2 is 1.58 bits per heavy atom. The Morgan fingerprint density at radius 3 is 2.36 bits per heavy atom. The number of benzene rings is 4. The van der Waals surface area contributed by atoms with Crippen LogP contribution in [0.1, 0.15) is 15.9 Å². The van der Waals surface area contributed by atoms with Crippen LogP contribution in [0.3, 0.4) is 0 Å². The number of ketones is 1. The van der Waals surface area contributed by atoms with Gasteiger partial charge in [-0.15, -0.1) is 0 Å². The van der Waals surface area contributed by atoms with Crippen molar-refractivity contribution in [2.75, 3.05) is 19.0 Å². The molecule has 0 heterocycles. The number of rotatable bonds is 8. The average molecular weight is 437 g/mol. The summed E-state index contributed by atoms with van der Waals surface area (Å²) in [7, 11) is 1.53. The smallest absolute Gasteiger partial charge is 0.262 e. The lowest BCUT2D eigenvalue weighted by Crippen LogP contribution is -2.20. The number of anilines is 1. The second-order valence-corrected chi connectivity index (χ2v) is 7.37. The van der Waals surface area contributed by atoms with E-state index in [4.69, 9.17) is 9.47 Å². The molecule has 0 aromatic heterocycles. The largest absolute Gasteiger partial charge is 0.493 e. The molecular weight excluding hydrogens is 414 g/mol. The highest BCUT2D eigenvalue weighted by Crippen LogP contribution is 2.28. The molecule has 164 valence electrons. The first-order chi connectivity index (χ1) is 16.1. The fourth-order valence-electron chi connectivity index (χ4n) is 3.38. The lowest BCUT2D eigenvalue weighted by Gasteiger charge is -2.11. The Labute approximate surface area is 192 Å². The number of ether oxygens (including phenoxy) is 2. The van der Waals surface area contributed by atoms with Crippen LogP contribution in [0, 0.1) is 0 Å². The van der Waals surface area contributed by atoms with Gasteiger partial charge in [-0.2, -0.15) is 0 Å². The van der Waals surface area contributed by atoms with E-state index < -0.39 is 0 Å². The SMILES string of the molecule is COc1cc(/C=C/C(=O)c2ccc3ccccc3c2)ccc1OCC(=O)Nc1ccccc1. The first-order valence-corrected chi connectivity index (χ1v) is 10.5. The van der Waals surface area contributed by atoms with Crippen molar-refractivity contribution in [2.24, 2.45) is 0 Å². The Balaban J connectivity index is 1.40. The van der Waals surface area contributed by atoms with Gasteiger partial charge < -0.3 is 14.8 Å². The van der Waals surface area contributed by atoms with Crippen LogP contribution in [0.25, 0.3) is 16.8 Å². The predicted molar refractivity (Wildman–Crippen MR) is 131 cm³/mol. The Morgan fingerprint density at radius 1 is 0.818 bits per heavy atom. The van der Waals surface area contributed by atoms with Crippen molar-refractivity contribution in [3.8, 4) is 11.5 Å². The van der Waals surface area contributed by atoms with E-state index in [1.807, 2.05) is 60.7 Å². The van der Waals surface area contributed by atoms with Crippen molar-refractivity contribution in [3.05, 3.63) is 108 Å². The third-order valence-electron chi connectivity index (χ3n) is 5.07. The third kappa shape index (κ3) is 5.66. The van der Waals surface area contributed by atoms with E-state index in [9.17, 15) is 9.59 Å². The maximum atomic E-state index is 12.6. The highest BCUT2D eigenvalue weighted by Gasteiger charge is 2.09. The molecule has 5 heteroatoms. The molecule has 0 radical (unpaired) electrons. The molecule has 0 bridgehead atoms. The lowest BCUT2D eigenvalue weighted by atomic mass is 10.0. The number of methoxy groups -OCH3 is 1. The van der Waals surface area contributed by atoms with E-state index >= 15 is 0 Å². The molecule has 0 aliphatic carbocycles. The zero-order valence-electron chi connectivity index (χ0n) is 18.2. The van der Waals surface area contributed by atoms with E-state index in [0.717, 1.165) is 16.3 Å². The molecule has 4 rings (SSSR count). The molecule has 1 amide bonds. The standard InChI is InChI=1S/C28H23NO4/c1-32-27-17-20(11-15-25(30)23-14-13-21-7-5-6-8-22(21)18-23)12-16-26(27)33-19-28(31)29-24-9-3-2-4-10-24/h2-18H,19H2,1H3,(H,29,31)/b15-11+. The summed E-state index contributed by atoms with van der Waals surface area (Å²) in [5.41, 5.74) is 2.11. The number of allylic oxidation sites excluding steroid dienone is 1. The lowest BCUT2D eigenvalue weighted by molar-refractivity contribution is -0.118. The quantitative estimate of drug-likeness (QED) is 0.281. The second-order valence-electron chi connectivity index (χ2n) is 7.37. The highest BCUT2D eigenvalue weighted by molar-refractivity contribution is 6.08. The van der Waals surface area contributed by atoms with Crippen molar-refractivity contribution < 1.29 is 19.1 Å². The number of fused-ring (bicyclic) bond motifs is 1. The van der Waals surface area contributed by atoms with Gasteiger partial charge in [-0.25, -0.2) is 0 Å². The normalized spacial score (nSPS) is 10.8. The molecule has 0 saturated carbocycles. The van der Waals surface area contributed by atoms with Gasteiger partial charge in [0.15, 0.2) is 23.9 Å². The van der Waals surface area contributed by atoms with E-state index in [2.05, 4.69) is 5.32 Å². The summed E-state index contributed by atoms with van der Waals surface area (Å²) in [6.07, 6.45) is 3.26. The van der Waals surface area contributed by atoms with Crippen LogP contribution in [0.15, 0.2) is 97.1 Å². The minimum Gasteiger partial charge on any atom is -0.493 e. The topological polar surface area (TPSA) is 64.6 Å². The number of carbonyl (C=O) groups excluding carboxylic acids is 2. The zero-order valence-corrected chi connectivity index (χ0v) is 18.2. The second kappa shape index (κ2) is 10.3. The molecule has 4 aromatic rings. The number of carbonyl (C=O) groups is 2. The molecule has 0 aliphatic heterocycles. The number of para-hydroxylation sites is 1. The third-order valence-corrected chi connectivity index (χ3v) is 5.07. The van der Waals surface area contributed by atoms with Gasteiger partial charge in [0.2, 0.25) is 0 Å². The molecule has 5 nitrogen and oxygen atoms in total. The number of nitrogens with one attached hydrogen (secondary N) is 1. The highest BCUT2D eigenvalue weighted by atomic mass is 16.5. The van der Waals surface area contributed by atoms with E-state index in [-0.39, 0.29) is 18.3 Å². The summed E-state index contributed by atoms with van der Waals surface area (Å²) in [6.45, 7) is -0.152. The summed E-state index contributed by atoms with van der Waals surface area (Å²) in [5, 5.41) is 4.88. The van der Waals surface area contributed by atoms with Crippen LogP contribution in [0.5, 0.6) is 11.5 Å². The van der Waals surface area contributed by atoms with E-state index in [1.54, 1.807) is 36.4 Å². The average Bonchev–Trinajstić information content (AvgIpc) is 2.86. The van der Waals surface area contributed by atoms with Gasteiger partial charge in [0.05, 0.1) is 7.11 Å². The Kier molecular flexibility index (Phi) is 6.81. The molecule has 0 unspecified atom stereocenters. The summed E-state index contributed by atoms with van der Waals surface area (Å²) in [4.78, 5) is 24.7. The predicted octanol–water partition coefficient (Wildman–Crippen LogP) is 5.76. The first-order valence-electron chi connectivity index (χ1n) is 10.5. The summed E-state index contributed by atoms with van der Waals surface area (Å²) >= 11 is 0. The molecule has 0 aliphatic rings. The van der Waals surface area contributed by atoms with Crippen molar-refractivity contribution in [1.29, 1.82) is 0 Å². The molecule has 0 fully saturated rings. The van der Waals surface area contributed by atoms with Gasteiger partial charge in [0.25, 0.3) is 5.91 Å². The van der Waals surface area contributed by atoms with Crippen LogP contribution in [-0.4, -0.2) is 25.4 Å². The van der Waals surface area contributed by atoms with Crippen LogP contribution < -0.4 is 14.8 Å². The molecular formula is C28H23NO4. The number of hydrogen-bond acceptors (Lipinski definition) is 4. The Hall–Kier alpha value is -4.38. The van der Waals surface area contributed by atoms with Gasteiger partial charge in [-0.05, 0) is 52.7 Å². The Bertz CT molecular complexity index is 1310. The van der Waals surface area contributed by atoms with Gasteiger partial charge in [-0.3, -0.25) is 9.59 Å². The molecule has 33 heavy (non-hydrogen) atoms. The molecule has 0 saturated heterocycles. The monoisotopic (exact) mass is 437 g/mol. The maximum absolute atomic E-state index is 12.6. The van der Waals surface area contributed by atoms with Crippen molar-refractivity contribution >= 4 is 34.2 Å². The fourth-order valence-corrected chi connectivity index (χ4v) is 3.38. The maximum Gasteiger partial charge on any atom is 0.262 e. The summed E-state index contributed by atoms with van der Waals surface area (Å²) in [6, 6.07) is 28.0.